The van der Waals surface area contributed by atoms with Crippen molar-refractivity contribution < 1.29 is 0 Å². The van der Waals surface area contributed by atoms with E-state index in [-0.39, 0.29) is 0 Å². The van der Waals surface area contributed by atoms with Crippen LogP contribution in [0.15, 0.2) is 4.99 Å². The summed E-state index contributed by atoms with van der Waals surface area (Å²) in [7, 11) is 0. The molecule has 4 nitrogen and oxygen atoms in total. The zero-order valence-corrected chi connectivity index (χ0v) is 8.72. The van der Waals surface area contributed by atoms with Crippen LogP contribution in [0.1, 0.15) is 33.6 Å². The Balaban J connectivity index is 2.33. The number of rotatable bonds is 3. The van der Waals surface area contributed by atoms with Crippen LogP contribution in [0.4, 0.5) is 0 Å². The minimum Gasteiger partial charge on any atom is -0.352 e. The summed E-state index contributed by atoms with van der Waals surface area (Å²) < 4.78 is 0. The second-order valence-corrected chi connectivity index (χ2v) is 4.26. The molecule has 1 aliphatic rings. The highest BCUT2D eigenvalue weighted by molar-refractivity contribution is 5.79. The van der Waals surface area contributed by atoms with E-state index in [2.05, 4.69) is 36.5 Å². The molecule has 1 unspecified atom stereocenters. The summed E-state index contributed by atoms with van der Waals surface area (Å²) >= 11 is 0. The summed E-state index contributed by atoms with van der Waals surface area (Å²) in [6.45, 7) is 7.38. The van der Waals surface area contributed by atoms with Gasteiger partial charge in [-0.1, -0.05) is 20.8 Å². The normalized spacial score (nSPS) is 25.5. The molecule has 1 atom stereocenters. The Morgan fingerprint density at radius 2 is 2.23 bits per heavy atom. The molecule has 76 valence electrons. The monoisotopic (exact) mass is 184 g/mol. The first-order valence-electron chi connectivity index (χ1n) is 4.87. The second kappa shape index (κ2) is 3.96. The predicted octanol–water partition coefficient (Wildman–Crippen LogP) is 0.604. The number of nitrogens with zero attached hydrogens (tertiary/aromatic N) is 1. The lowest BCUT2D eigenvalue weighted by Gasteiger charge is -2.10. The quantitative estimate of drug-likeness (QED) is 0.260. The molecule has 0 aromatic rings. The van der Waals surface area contributed by atoms with Crippen LogP contribution in [0, 0.1) is 5.41 Å². The Bertz CT molecular complexity index is 198. The standard InChI is InChI=1S/C9H20N4/c1-4-5-11-8(13-10)12-7-6-9(7,2)3/h7H,4-6,10H2,1-3H3,(H2,11,12,13). The zero-order chi connectivity index (χ0) is 9.90. The maximum Gasteiger partial charge on any atom is 0.205 e. The first-order valence-corrected chi connectivity index (χ1v) is 4.87. The molecule has 0 radical (unpaired) electrons. The summed E-state index contributed by atoms with van der Waals surface area (Å²) in [5, 5.41) is 3.28. The Hall–Kier alpha value is -0.770. The van der Waals surface area contributed by atoms with Crippen molar-refractivity contribution in [2.75, 3.05) is 6.54 Å². The number of hydrogen-bond donors (Lipinski definition) is 3. The van der Waals surface area contributed by atoms with Gasteiger partial charge < -0.3 is 5.32 Å². The van der Waals surface area contributed by atoms with E-state index in [4.69, 9.17) is 5.84 Å². The van der Waals surface area contributed by atoms with Gasteiger partial charge in [0.25, 0.3) is 0 Å². The molecule has 0 aliphatic heterocycles. The highest BCUT2D eigenvalue weighted by Gasteiger charge is 2.46. The van der Waals surface area contributed by atoms with E-state index in [1.807, 2.05) is 0 Å². The van der Waals surface area contributed by atoms with Crippen LogP contribution in [-0.2, 0) is 0 Å². The van der Waals surface area contributed by atoms with E-state index >= 15 is 0 Å². The lowest BCUT2D eigenvalue weighted by Crippen LogP contribution is -2.43. The van der Waals surface area contributed by atoms with Crippen molar-refractivity contribution in [2.24, 2.45) is 16.3 Å². The van der Waals surface area contributed by atoms with Crippen molar-refractivity contribution in [3.05, 3.63) is 0 Å². The van der Waals surface area contributed by atoms with Crippen molar-refractivity contribution in [3.8, 4) is 0 Å². The minimum atomic E-state index is 0.407. The summed E-state index contributed by atoms with van der Waals surface area (Å²) in [6, 6.07) is 0.527. The molecule has 4 N–H and O–H groups in total. The fraction of sp³-hybridized carbons (Fsp3) is 0.889. The van der Waals surface area contributed by atoms with Gasteiger partial charge in [0.05, 0.1) is 0 Å². The van der Waals surface area contributed by atoms with Gasteiger partial charge in [-0.15, -0.1) is 0 Å². The molecule has 1 rings (SSSR count). The van der Waals surface area contributed by atoms with Gasteiger partial charge in [0, 0.05) is 12.6 Å². The lowest BCUT2D eigenvalue weighted by molar-refractivity contribution is 0.589. The highest BCUT2D eigenvalue weighted by atomic mass is 15.3. The molecule has 0 heterocycles. The molecular formula is C9H20N4. The van der Waals surface area contributed by atoms with E-state index in [1.165, 1.54) is 6.42 Å². The molecule has 4 heteroatoms. The fourth-order valence-corrected chi connectivity index (χ4v) is 1.24. The molecule has 1 fully saturated rings. The van der Waals surface area contributed by atoms with Crippen LogP contribution in [0.3, 0.4) is 0 Å². The zero-order valence-electron chi connectivity index (χ0n) is 8.72. The maximum atomic E-state index is 5.33. The Morgan fingerprint density at radius 3 is 2.62 bits per heavy atom. The van der Waals surface area contributed by atoms with Crippen molar-refractivity contribution in [3.63, 3.8) is 0 Å². The molecule has 0 bridgehead atoms. The lowest BCUT2D eigenvalue weighted by atomic mass is 10.2. The minimum absolute atomic E-state index is 0.407. The average Bonchev–Trinajstić information content (AvgIpc) is 2.67. The molecule has 0 saturated heterocycles. The van der Waals surface area contributed by atoms with E-state index in [0.29, 0.717) is 11.5 Å². The topological polar surface area (TPSA) is 62.4 Å². The van der Waals surface area contributed by atoms with Gasteiger partial charge in [-0.3, -0.25) is 10.4 Å². The van der Waals surface area contributed by atoms with Gasteiger partial charge in [-0.25, -0.2) is 5.84 Å². The Kier molecular flexibility index (Phi) is 3.14. The van der Waals surface area contributed by atoms with Gasteiger partial charge >= 0.3 is 0 Å². The van der Waals surface area contributed by atoms with E-state index in [1.54, 1.807) is 0 Å². The summed E-state index contributed by atoms with van der Waals surface area (Å²) in [5.41, 5.74) is 2.99. The number of aliphatic imine (C=N–C) groups is 1. The second-order valence-electron chi connectivity index (χ2n) is 4.26. The van der Waals surface area contributed by atoms with E-state index in [0.717, 1.165) is 18.9 Å². The van der Waals surface area contributed by atoms with Gasteiger partial charge in [0.2, 0.25) is 5.96 Å². The van der Waals surface area contributed by atoms with Crippen LogP contribution in [-0.4, -0.2) is 18.5 Å². The molecule has 0 spiro atoms. The van der Waals surface area contributed by atoms with Crippen LogP contribution >= 0.6 is 0 Å². The molecule has 0 aromatic heterocycles. The molecule has 0 aromatic carbocycles. The van der Waals surface area contributed by atoms with Crippen LogP contribution in [0.2, 0.25) is 0 Å². The SMILES string of the molecule is CCCN=C(NN)NC1CC1(C)C. The maximum absolute atomic E-state index is 5.33. The summed E-state index contributed by atoms with van der Waals surface area (Å²) in [5.74, 6) is 6.05. The first-order chi connectivity index (χ1) is 6.10. The van der Waals surface area contributed by atoms with Crippen LogP contribution in [0.25, 0.3) is 0 Å². The van der Waals surface area contributed by atoms with E-state index < -0.39 is 0 Å². The number of nitrogens with one attached hydrogen (secondary N) is 2. The number of hydrogen-bond acceptors (Lipinski definition) is 2. The fourth-order valence-electron chi connectivity index (χ4n) is 1.24. The van der Waals surface area contributed by atoms with E-state index in [9.17, 15) is 0 Å². The first kappa shape index (κ1) is 10.3. The Labute approximate surface area is 80.0 Å². The molecule has 0 amide bonds. The third-order valence-corrected chi connectivity index (χ3v) is 2.45. The summed E-state index contributed by atoms with van der Waals surface area (Å²) in [6.07, 6.45) is 2.24. The smallest absolute Gasteiger partial charge is 0.205 e. The van der Waals surface area contributed by atoms with Gasteiger partial charge in [-0.05, 0) is 18.3 Å². The summed E-state index contributed by atoms with van der Waals surface area (Å²) in [4.78, 5) is 4.28. The molecular weight excluding hydrogens is 164 g/mol. The van der Waals surface area contributed by atoms with Crippen molar-refractivity contribution in [2.45, 2.75) is 39.7 Å². The van der Waals surface area contributed by atoms with Crippen LogP contribution < -0.4 is 16.6 Å². The van der Waals surface area contributed by atoms with Gasteiger partial charge in [0.15, 0.2) is 0 Å². The number of hydrazine groups is 1. The number of guanidine groups is 1. The van der Waals surface area contributed by atoms with Gasteiger partial charge in [-0.2, -0.15) is 0 Å². The van der Waals surface area contributed by atoms with Crippen molar-refractivity contribution >= 4 is 5.96 Å². The molecule has 13 heavy (non-hydrogen) atoms. The van der Waals surface area contributed by atoms with Crippen molar-refractivity contribution in [1.29, 1.82) is 0 Å². The third kappa shape index (κ3) is 2.88. The predicted molar refractivity (Wildman–Crippen MR) is 55.2 cm³/mol. The average molecular weight is 184 g/mol. The molecule has 1 aliphatic carbocycles. The van der Waals surface area contributed by atoms with Gasteiger partial charge in [0.1, 0.15) is 0 Å². The largest absolute Gasteiger partial charge is 0.352 e. The molecule has 1 saturated carbocycles. The van der Waals surface area contributed by atoms with Crippen LogP contribution in [0.5, 0.6) is 0 Å². The Morgan fingerprint density at radius 1 is 1.62 bits per heavy atom. The number of nitrogens with two attached hydrogens (primary N) is 1. The van der Waals surface area contributed by atoms with Crippen molar-refractivity contribution in [1.82, 2.24) is 10.7 Å². The third-order valence-electron chi connectivity index (χ3n) is 2.45. The highest BCUT2D eigenvalue weighted by Crippen LogP contribution is 2.44.